The minimum atomic E-state index is 1.11. The van der Waals surface area contributed by atoms with Gasteiger partial charge in [0.05, 0.1) is 0 Å². The molecule has 1 heterocycles. The molecular weight excluding hydrogens is 158 g/mol. The van der Waals surface area contributed by atoms with Crippen molar-refractivity contribution in [2.24, 2.45) is 0 Å². The maximum Gasteiger partial charge on any atom is 0.0486 e. The average Bonchev–Trinajstić information content (AvgIpc) is 2.58. The zero-order valence-electron chi connectivity index (χ0n) is 7.96. The van der Waals surface area contributed by atoms with Gasteiger partial charge < -0.3 is 4.57 Å². The highest BCUT2D eigenvalue weighted by atomic mass is 14.9. The van der Waals surface area contributed by atoms with E-state index in [4.69, 9.17) is 0 Å². The number of unbranched alkanes of at least 4 members (excludes halogenated alkanes) is 1. The van der Waals surface area contributed by atoms with Crippen LogP contribution in [0.5, 0.6) is 0 Å². The molecule has 1 nitrogen and oxygen atoms in total. The summed E-state index contributed by atoms with van der Waals surface area (Å²) in [6.07, 6.45) is 4.54. The summed E-state index contributed by atoms with van der Waals surface area (Å²) >= 11 is 0. The lowest BCUT2D eigenvalue weighted by Gasteiger charge is -2.02. The van der Waals surface area contributed by atoms with Crippen molar-refractivity contribution in [3.05, 3.63) is 36.5 Å². The van der Waals surface area contributed by atoms with Crippen LogP contribution >= 0.6 is 0 Å². The molecule has 1 aromatic carbocycles. The highest BCUT2D eigenvalue weighted by molar-refractivity contribution is 5.79. The lowest BCUT2D eigenvalue weighted by molar-refractivity contribution is 0.650. The molecule has 0 saturated carbocycles. The Kier molecular flexibility index (Phi) is 2.35. The number of benzene rings is 1. The van der Waals surface area contributed by atoms with Crippen molar-refractivity contribution < 1.29 is 0 Å². The molecule has 2 aromatic rings. The van der Waals surface area contributed by atoms with Crippen LogP contribution in [-0.4, -0.2) is 4.57 Å². The molecule has 1 radical (unpaired) electrons. The Morgan fingerprint density at radius 3 is 3.00 bits per heavy atom. The van der Waals surface area contributed by atoms with Crippen LogP contribution in [-0.2, 0) is 6.54 Å². The number of rotatable bonds is 3. The van der Waals surface area contributed by atoms with Crippen LogP contribution in [0.1, 0.15) is 19.8 Å². The smallest absolute Gasteiger partial charge is 0.0486 e. The molecule has 0 aliphatic rings. The number of hydrogen-bond donors (Lipinski definition) is 0. The molecule has 0 amide bonds. The Labute approximate surface area is 79.0 Å². The van der Waals surface area contributed by atoms with Crippen molar-refractivity contribution in [2.75, 3.05) is 0 Å². The SMILES string of the molecule is CCCCn1c[c]c2ccccc21. The largest absolute Gasteiger partial charge is 0.347 e. The van der Waals surface area contributed by atoms with E-state index in [0.717, 1.165) is 6.54 Å². The third-order valence-electron chi connectivity index (χ3n) is 2.34. The summed E-state index contributed by atoms with van der Waals surface area (Å²) in [6.45, 7) is 3.33. The number of fused-ring (bicyclic) bond motifs is 1. The molecule has 0 aliphatic carbocycles. The second-order valence-electron chi connectivity index (χ2n) is 3.34. The Morgan fingerprint density at radius 2 is 2.15 bits per heavy atom. The summed E-state index contributed by atoms with van der Waals surface area (Å²) in [5.41, 5.74) is 1.30. The molecule has 0 spiro atoms. The third-order valence-corrected chi connectivity index (χ3v) is 2.34. The summed E-state index contributed by atoms with van der Waals surface area (Å²) in [7, 11) is 0. The van der Waals surface area contributed by atoms with Crippen molar-refractivity contribution in [3.8, 4) is 0 Å². The van der Waals surface area contributed by atoms with Crippen LogP contribution < -0.4 is 0 Å². The number of aryl methyl sites for hydroxylation is 1. The van der Waals surface area contributed by atoms with Crippen LogP contribution in [0.25, 0.3) is 10.9 Å². The van der Waals surface area contributed by atoms with E-state index in [1.54, 1.807) is 0 Å². The maximum atomic E-state index is 3.26. The first kappa shape index (κ1) is 8.36. The fourth-order valence-electron chi connectivity index (χ4n) is 1.58. The van der Waals surface area contributed by atoms with Crippen molar-refractivity contribution in [1.29, 1.82) is 0 Å². The van der Waals surface area contributed by atoms with Gasteiger partial charge in [0, 0.05) is 29.7 Å². The van der Waals surface area contributed by atoms with Crippen molar-refractivity contribution in [2.45, 2.75) is 26.3 Å². The van der Waals surface area contributed by atoms with Gasteiger partial charge in [-0.05, 0) is 12.5 Å². The Morgan fingerprint density at radius 1 is 1.31 bits per heavy atom. The van der Waals surface area contributed by atoms with Gasteiger partial charge in [0.15, 0.2) is 0 Å². The van der Waals surface area contributed by atoms with Crippen LogP contribution in [0.2, 0.25) is 0 Å². The maximum absolute atomic E-state index is 3.26. The van der Waals surface area contributed by atoms with Crippen molar-refractivity contribution in [1.82, 2.24) is 4.57 Å². The third kappa shape index (κ3) is 1.59. The first-order valence-corrected chi connectivity index (χ1v) is 4.87. The highest BCUT2D eigenvalue weighted by Crippen LogP contribution is 2.14. The normalized spacial score (nSPS) is 10.8. The average molecular weight is 172 g/mol. The van der Waals surface area contributed by atoms with E-state index in [1.807, 2.05) is 0 Å². The van der Waals surface area contributed by atoms with Gasteiger partial charge in [-0.2, -0.15) is 0 Å². The molecule has 0 N–H and O–H groups in total. The number of aromatic nitrogens is 1. The number of hydrogen-bond acceptors (Lipinski definition) is 0. The van der Waals surface area contributed by atoms with E-state index in [-0.39, 0.29) is 0 Å². The molecule has 0 atom stereocenters. The van der Waals surface area contributed by atoms with Gasteiger partial charge in [0.1, 0.15) is 0 Å². The molecule has 0 fully saturated rings. The van der Waals surface area contributed by atoms with Gasteiger partial charge in [-0.25, -0.2) is 0 Å². The molecule has 1 aromatic heterocycles. The lowest BCUT2D eigenvalue weighted by atomic mass is 10.2. The molecule has 0 bridgehead atoms. The van der Waals surface area contributed by atoms with Gasteiger partial charge in [-0.15, -0.1) is 0 Å². The Bertz CT molecular complexity index is 387. The number of nitrogens with zero attached hydrogens (tertiary/aromatic N) is 1. The summed E-state index contributed by atoms with van der Waals surface area (Å²) in [4.78, 5) is 0. The molecule has 0 aliphatic heterocycles. The molecule has 13 heavy (non-hydrogen) atoms. The van der Waals surface area contributed by atoms with Crippen LogP contribution in [0.3, 0.4) is 0 Å². The van der Waals surface area contributed by atoms with Gasteiger partial charge in [-0.3, -0.25) is 0 Å². The standard InChI is InChI=1S/C12H14N/c1-2-3-9-13-10-8-11-6-4-5-7-12(11)13/h4-7,10H,2-3,9H2,1H3. The summed E-state index contributed by atoms with van der Waals surface area (Å²) in [6, 6.07) is 11.7. The topological polar surface area (TPSA) is 4.93 Å². The fourth-order valence-corrected chi connectivity index (χ4v) is 1.58. The lowest BCUT2D eigenvalue weighted by Crippen LogP contribution is -1.94. The minimum absolute atomic E-state index is 1.11. The minimum Gasteiger partial charge on any atom is -0.347 e. The molecule has 0 saturated heterocycles. The predicted octanol–water partition coefficient (Wildman–Crippen LogP) is 3.24. The van der Waals surface area contributed by atoms with Crippen molar-refractivity contribution >= 4 is 10.9 Å². The van der Waals surface area contributed by atoms with E-state index in [2.05, 4.69) is 48.0 Å². The van der Waals surface area contributed by atoms with E-state index in [1.165, 1.54) is 23.7 Å². The first-order chi connectivity index (χ1) is 6.42. The number of para-hydroxylation sites is 1. The van der Waals surface area contributed by atoms with E-state index in [9.17, 15) is 0 Å². The van der Waals surface area contributed by atoms with Crippen LogP contribution in [0.15, 0.2) is 30.5 Å². The van der Waals surface area contributed by atoms with Gasteiger partial charge >= 0.3 is 0 Å². The zero-order valence-corrected chi connectivity index (χ0v) is 7.96. The van der Waals surface area contributed by atoms with Crippen LogP contribution in [0.4, 0.5) is 0 Å². The second-order valence-corrected chi connectivity index (χ2v) is 3.34. The molecule has 67 valence electrons. The molecular formula is C12H14N. The quantitative estimate of drug-likeness (QED) is 0.669. The Balaban J connectivity index is 2.35. The monoisotopic (exact) mass is 172 g/mol. The molecule has 2 rings (SSSR count). The van der Waals surface area contributed by atoms with Gasteiger partial charge in [0.25, 0.3) is 0 Å². The van der Waals surface area contributed by atoms with Crippen LogP contribution in [0, 0.1) is 6.07 Å². The summed E-state index contributed by atoms with van der Waals surface area (Å²) in [5, 5.41) is 1.22. The first-order valence-electron chi connectivity index (χ1n) is 4.87. The molecule has 1 heteroatoms. The second kappa shape index (κ2) is 3.65. The molecule has 0 unspecified atom stereocenters. The Hall–Kier alpha value is -1.24. The van der Waals surface area contributed by atoms with E-state index in [0.29, 0.717) is 0 Å². The van der Waals surface area contributed by atoms with Gasteiger partial charge in [-0.1, -0.05) is 31.5 Å². The summed E-state index contributed by atoms with van der Waals surface area (Å²) in [5.74, 6) is 0. The zero-order chi connectivity index (χ0) is 9.10. The van der Waals surface area contributed by atoms with Gasteiger partial charge in [0.2, 0.25) is 0 Å². The predicted molar refractivity (Wildman–Crippen MR) is 55.7 cm³/mol. The highest BCUT2D eigenvalue weighted by Gasteiger charge is 1.98. The van der Waals surface area contributed by atoms with Crippen molar-refractivity contribution in [3.63, 3.8) is 0 Å². The van der Waals surface area contributed by atoms with E-state index < -0.39 is 0 Å². The summed E-state index contributed by atoms with van der Waals surface area (Å²) < 4.78 is 2.28. The van der Waals surface area contributed by atoms with E-state index >= 15 is 0 Å². The fraction of sp³-hybridized carbons (Fsp3) is 0.333.